The van der Waals surface area contributed by atoms with Crippen LogP contribution in [0.25, 0.3) is 0 Å². The zero-order chi connectivity index (χ0) is 12.6. The maximum absolute atomic E-state index is 3.89. The normalized spacial score (nSPS) is 37.0. The fourth-order valence-electron chi connectivity index (χ4n) is 3.38. The van der Waals surface area contributed by atoms with Crippen LogP contribution in [0.2, 0.25) is 0 Å². The van der Waals surface area contributed by atoms with Gasteiger partial charge in [-0.1, -0.05) is 13.8 Å². The van der Waals surface area contributed by atoms with Crippen LogP contribution in [0.5, 0.6) is 0 Å². The molecule has 0 bridgehead atoms. The Morgan fingerprint density at radius 2 is 2.11 bits per heavy atom. The standard InChI is InChI=1S/C15H28N2S/c1-15(2)6-8-18-11-14(15)16-9-12-5-7-17(10-12)13-3-4-13/h12-14,16H,3-11H2,1-2H3. The van der Waals surface area contributed by atoms with Gasteiger partial charge < -0.3 is 10.2 Å². The molecule has 0 aromatic heterocycles. The van der Waals surface area contributed by atoms with E-state index in [0.29, 0.717) is 5.41 Å². The highest BCUT2D eigenvalue weighted by molar-refractivity contribution is 7.99. The minimum atomic E-state index is 0.500. The molecule has 1 N–H and O–H groups in total. The van der Waals surface area contributed by atoms with E-state index in [4.69, 9.17) is 0 Å². The number of nitrogens with zero attached hydrogens (tertiary/aromatic N) is 1. The van der Waals surface area contributed by atoms with Crippen molar-refractivity contribution in [1.82, 2.24) is 10.2 Å². The minimum absolute atomic E-state index is 0.500. The van der Waals surface area contributed by atoms with Crippen molar-refractivity contribution in [3.63, 3.8) is 0 Å². The van der Waals surface area contributed by atoms with Gasteiger partial charge in [0, 0.05) is 24.4 Å². The lowest BCUT2D eigenvalue weighted by Crippen LogP contribution is -2.48. The first-order valence-corrected chi connectivity index (χ1v) is 8.86. The summed E-state index contributed by atoms with van der Waals surface area (Å²) in [5, 5.41) is 3.89. The quantitative estimate of drug-likeness (QED) is 0.844. The summed E-state index contributed by atoms with van der Waals surface area (Å²) in [5.41, 5.74) is 0.500. The second-order valence-electron chi connectivity index (χ2n) is 7.16. The van der Waals surface area contributed by atoms with Crippen LogP contribution < -0.4 is 5.32 Å². The molecule has 2 atom stereocenters. The summed E-state index contributed by atoms with van der Waals surface area (Å²) in [5.74, 6) is 3.57. The van der Waals surface area contributed by atoms with E-state index in [2.05, 4.69) is 35.8 Å². The molecule has 104 valence electrons. The number of hydrogen-bond donors (Lipinski definition) is 1. The van der Waals surface area contributed by atoms with Gasteiger partial charge in [0.1, 0.15) is 0 Å². The molecule has 18 heavy (non-hydrogen) atoms. The molecular formula is C15H28N2S. The first kappa shape index (κ1) is 13.3. The van der Waals surface area contributed by atoms with E-state index in [1.165, 1.54) is 56.8 Å². The van der Waals surface area contributed by atoms with Crippen molar-refractivity contribution in [2.45, 2.75) is 51.6 Å². The molecule has 2 nitrogen and oxygen atoms in total. The summed E-state index contributed by atoms with van der Waals surface area (Å²) >= 11 is 2.13. The van der Waals surface area contributed by atoms with Crippen molar-refractivity contribution in [2.75, 3.05) is 31.1 Å². The third-order valence-corrected chi connectivity index (χ3v) is 6.21. The molecule has 2 unspecified atom stereocenters. The maximum atomic E-state index is 3.89. The molecular weight excluding hydrogens is 240 g/mol. The molecule has 3 fully saturated rings. The number of rotatable bonds is 4. The van der Waals surface area contributed by atoms with Gasteiger partial charge in [-0.3, -0.25) is 0 Å². The highest BCUT2D eigenvalue weighted by atomic mass is 32.2. The molecule has 2 saturated heterocycles. The van der Waals surface area contributed by atoms with Gasteiger partial charge in [-0.25, -0.2) is 0 Å². The largest absolute Gasteiger partial charge is 0.312 e. The van der Waals surface area contributed by atoms with E-state index < -0.39 is 0 Å². The van der Waals surface area contributed by atoms with E-state index in [-0.39, 0.29) is 0 Å². The molecule has 0 aromatic rings. The van der Waals surface area contributed by atoms with Gasteiger partial charge in [0.05, 0.1) is 0 Å². The fourth-order valence-corrected chi connectivity index (χ4v) is 5.02. The van der Waals surface area contributed by atoms with Crippen LogP contribution in [-0.2, 0) is 0 Å². The Morgan fingerprint density at radius 3 is 2.83 bits per heavy atom. The summed E-state index contributed by atoms with van der Waals surface area (Å²) in [7, 11) is 0. The zero-order valence-corrected chi connectivity index (χ0v) is 12.8. The van der Waals surface area contributed by atoms with Gasteiger partial charge in [0.15, 0.2) is 0 Å². The highest BCUT2D eigenvalue weighted by Gasteiger charge is 2.36. The predicted molar refractivity (Wildman–Crippen MR) is 80.2 cm³/mol. The lowest BCUT2D eigenvalue weighted by atomic mass is 9.82. The van der Waals surface area contributed by atoms with Crippen LogP contribution in [0.15, 0.2) is 0 Å². The number of thioether (sulfide) groups is 1. The van der Waals surface area contributed by atoms with Crippen molar-refractivity contribution in [3.8, 4) is 0 Å². The van der Waals surface area contributed by atoms with E-state index in [0.717, 1.165) is 18.0 Å². The molecule has 1 saturated carbocycles. The lowest BCUT2D eigenvalue weighted by Gasteiger charge is -2.39. The summed E-state index contributed by atoms with van der Waals surface area (Å²) in [6.07, 6.45) is 5.72. The highest BCUT2D eigenvalue weighted by Crippen LogP contribution is 2.35. The second-order valence-corrected chi connectivity index (χ2v) is 8.30. The van der Waals surface area contributed by atoms with Crippen molar-refractivity contribution in [2.24, 2.45) is 11.3 Å². The van der Waals surface area contributed by atoms with Crippen LogP contribution >= 0.6 is 11.8 Å². The van der Waals surface area contributed by atoms with Gasteiger partial charge in [0.25, 0.3) is 0 Å². The van der Waals surface area contributed by atoms with Crippen molar-refractivity contribution in [3.05, 3.63) is 0 Å². The third-order valence-electron chi connectivity index (χ3n) is 5.15. The molecule has 0 radical (unpaired) electrons. The summed E-state index contributed by atoms with van der Waals surface area (Å²) in [6, 6.07) is 1.70. The van der Waals surface area contributed by atoms with E-state index in [1.807, 2.05) is 0 Å². The molecule has 2 heterocycles. The van der Waals surface area contributed by atoms with Crippen LogP contribution in [0.3, 0.4) is 0 Å². The Bertz CT molecular complexity index is 288. The Labute approximate surface area is 116 Å². The smallest absolute Gasteiger partial charge is 0.0209 e. The summed E-state index contributed by atoms with van der Waals surface area (Å²) in [4.78, 5) is 2.73. The topological polar surface area (TPSA) is 15.3 Å². The molecule has 2 aliphatic heterocycles. The Kier molecular flexibility index (Phi) is 3.93. The first-order valence-electron chi connectivity index (χ1n) is 7.70. The average Bonchev–Trinajstić information content (AvgIpc) is 3.08. The number of nitrogens with one attached hydrogen (secondary N) is 1. The van der Waals surface area contributed by atoms with E-state index in [9.17, 15) is 0 Å². The van der Waals surface area contributed by atoms with E-state index >= 15 is 0 Å². The first-order chi connectivity index (χ1) is 8.65. The van der Waals surface area contributed by atoms with E-state index in [1.54, 1.807) is 0 Å². The maximum Gasteiger partial charge on any atom is 0.0209 e. The summed E-state index contributed by atoms with van der Waals surface area (Å²) < 4.78 is 0. The van der Waals surface area contributed by atoms with Crippen molar-refractivity contribution < 1.29 is 0 Å². The van der Waals surface area contributed by atoms with Crippen LogP contribution in [0.4, 0.5) is 0 Å². The monoisotopic (exact) mass is 268 g/mol. The molecule has 3 aliphatic rings. The second kappa shape index (κ2) is 5.34. The molecule has 1 aliphatic carbocycles. The van der Waals surface area contributed by atoms with Gasteiger partial charge in [0.2, 0.25) is 0 Å². The van der Waals surface area contributed by atoms with Crippen LogP contribution in [0.1, 0.15) is 39.5 Å². The van der Waals surface area contributed by atoms with Gasteiger partial charge >= 0.3 is 0 Å². The number of likely N-dealkylation sites (tertiary alicyclic amines) is 1. The van der Waals surface area contributed by atoms with Gasteiger partial charge in [-0.05, 0) is 55.9 Å². The minimum Gasteiger partial charge on any atom is -0.312 e. The molecule has 0 aromatic carbocycles. The molecule has 3 rings (SSSR count). The third kappa shape index (κ3) is 3.05. The Morgan fingerprint density at radius 1 is 1.28 bits per heavy atom. The van der Waals surface area contributed by atoms with Crippen LogP contribution in [0, 0.1) is 11.3 Å². The van der Waals surface area contributed by atoms with Crippen LogP contribution in [-0.4, -0.2) is 48.1 Å². The van der Waals surface area contributed by atoms with Crippen molar-refractivity contribution in [1.29, 1.82) is 0 Å². The number of hydrogen-bond acceptors (Lipinski definition) is 3. The molecule has 0 spiro atoms. The summed E-state index contributed by atoms with van der Waals surface area (Å²) in [6.45, 7) is 8.85. The zero-order valence-electron chi connectivity index (χ0n) is 12.0. The SMILES string of the molecule is CC1(C)CCSCC1NCC1CCN(C2CC2)C1. The van der Waals surface area contributed by atoms with Crippen molar-refractivity contribution >= 4 is 11.8 Å². The molecule has 3 heteroatoms. The molecule has 0 amide bonds. The Balaban J connectivity index is 1.43. The predicted octanol–water partition coefficient (Wildman–Crippen LogP) is 2.59. The van der Waals surface area contributed by atoms with Gasteiger partial charge in [-0.15, -0.1) is 0 Å². The Hall–Kier alpha value is 0.270. The van der Waals surface area contributed by atoms with Gasteiger partial charge in [-0.2, -0.15) is 11.8 Å². The average molecular weight is 268 g/mol. The lowest BCUT2D eigenvalue weighted by molar-refractivity contribution is 0.234. The fraction of sp³-hybridized carbons (Fsp3) is 1.00.